The Balaban J connectivity index is 1.33. The van der Waals surface area contributed by atoms with Crippen molar-refractivity contribution in [2.45, 2.75) is 68.3 Å². The van der Waals surface area contributed by atoms with Gasteiger partial charge >= 0.3 is 6.09 Å². The second kappa shape index (κ2) is 11.9. The summed E-state index contributed by atoms with van der Waals surface area (Å²) in [7, 11) is -0.614. The molecule has 3 aliphatic carbocycles. The van der Waals surface area contributed by atoms with Gasteiger partial charge in [0, 0.05) is 31.3 Å². The van der Waals surface area contributed by atoms with Gasteiger partial charge in [-0.1, -0.05) is 18.2 Å². The van der Waals surface area contributed by atoms with Gasteiger partial charge in [0.2, 0.25) is 21.8 Å². The van der Waals surface area contributed by atoms with E-state index in [0.717, 1.165) is 19.3 Å². The zero-order valence-corrected chi connectivity index (χ0v) is 24.7. The van der Waals surface area contributed by atoms with Gasteiger partial charge in [-0.3, -0.25) is 24.4 Å². The number of hydrogen-bond acceptors (Lipinski definition) is 8. The molecule has 1 heterocycles. The summed E-state index contributed by atoms with van der Waals surface area (Å²) in [4.78, 5) is 54.9. The van der Waals surface area contributed by atoms with Crippen molar-refractivity contribution in [1.82, 2.24) is 14.9 Å². The highest BCUT2D eigenvalue weighted by Gasteiger charge is 2.62. The van der Waals surface area contributed by atoms with Crippen LogP contribution in [-0.4, -0.2) is 74.7 Å². The number of fused-ring (bicyclic) bond motifs is 2. The standard InChI is InChI=1S/C29H38N4O8S/c1-33-13-6-4-3-5-8-18-17-29(18,27(36)32-42(38,39)22-11-12-22)31-25(34)23-15-21(16-24(23)26(33)35)41-28(37)30-19-9-7-10-20(14-19)40-2/h5,7-10,14,18,21-24H,3-4,6,11-13,15-17H2,1-2H3,(H,30,37)(H,31,34)(H,32,36)/b8-5-/t18-,21-,23-,24-,29-/m1/s1. The molecule has 42 heavy (non-hydrogen) atoms. The molecule has 228 valence electrons. The van der Waals surface area contributed by atoms with E-state index in [0.29, 0.717) is 30.8 Å². The van der Waals surface area contributed by atoms with E-state index >= 15 is 0 Å². The van der Waals surface area contributed by atoms with Gasteiger partial charge in [-0.05, 0) is 63.5 Å². The third kappa shape index (κ3) is 6.55. The van der Waals surface area contributed by atoms with Gasteiger partial charge < -0.3 is 19.7 Å². The Hall–Kier alpha value is -3.61. The van der Waals surface area contributed by atoms with Crippen LogP contribution in [0.3, 0.4) is 0 Å². The van der Waals surface area contributed by atoms with Crippen LogP contribution in [0.25, 0.3) is 0 Å². The van der Waals surface area contributed by atoms with Crippen LogP contribution in [0, 0.1) is 17.8 Å². The number of allylic oxidation sites excluding steroid dienone is 1. The summed E-state index contributed by atoms with van der Waals surface area (Å²) in [5.41, 5.74) is -0.951. The molecule has 1 aromatic rings. The topological polar surface area (TPSA) is 160 Å². The van der Waals surface area contributed by atoms with E-state index in [1.807, 2.05) is 12.2 Å². The number of rotatable bonds is 6. The lowest BCUT2D eigenvalue weighted by atomic mass is 9.93. The Morgan fingerprint density at radius 1 is 1.12 bits per heavy atom. The van der Waals surface area contributed by atoms with Crippen molar-refractivity contribution in [3.05, 3.63) is 36.4 Å². The molecule has 0 unspecified atom stereocenters. The SMILES string of the molecule is COc1cccc(NC(=O)O[C@@H]2C[C@H]3C(=O)N[C@]4(C(=O)NS(=O)(=O)C5CC5)C[C@H]4/C=C\CCCCN(C)C(=O)[C@@H]3C2)c1. The van der Waals surface area contributed by atoms with Crippen LogP contribution in [0.15, 0.2) is 36.4 Å². The van der Waals surface area contributed by atoms with E-state index in [-0.39, 0.29) is 31.1 Å². The minimum atomic E-state index is -3.82. The van der Waals surface area contributed by atoms with E-state index < -0.39 is 56.7 Å². The van der Waals surface area contributed by atoms with Crippen LogP contribution in [0.4, 0.5) is 10.5 Å². The lowest BCUT2D eigenvalue weighted by Gasteiger charge is -2.26. The molecule has 3 N–H and O–H groups in total. The summed E-state index contributed by atoms with van der Waals surface area (Å²) in [6.07, 6.45) is 6.16. The third-order valence-electron chi connectivity index (χ3n) is 8.59. The van der Waals surface area contributed by atoms with Crippen LogP contribution in [0.2, 0.25) is 0 Å². The van der Waals surface area contributed by atoms with Crippen LogP contribution in [-0.2, 0) is 29.1 Å². The molecule has 0 bridgehead atoms. The molecule has 5 rings (SSSR count). The zero-order valence-electron chi connectivity index (χ0n) is 23.8. The smallest absolute Gasteiger partial charge is 0.411 e. The van der Waals surface area contributed by atoms with Crippen molar-refractivity contribution >= 4 is 39.5 Å². The average molecular weight is 603 g/mol. The first-order chi connectivity index (χ1) is 20.0. The zero-order chi connectivity index (χ0) is 30.1. The lowest BCUT2D eigenvalue weighted by molar-refractivity contribution is -0.140. The van der Waals surface area contributed by atoms with Crippen LogP contribution < -0.4 is 20.1 Å². The number of nitrogens with one attached hydrogen (secondary N) is 3. The number of ether oxygens (including phenoxy) is 2. The molecule has 5 atom stereocenters. The highest BCUT2D eigenvalue weighted by atomic mass is 32.2. The molecule has 12 nitrogen and oxygen atoms in total. The number of benzene rings is 1. The first-order valence-corrected chi connectivity index (χ1v) is 16.0. The van der Waals surface area contributed by atoms with Crippen LogP contribution in [0.1, 0.15) is 51.4 Å². The summed E-state index contributed by atoms with van der Waals surface area (Å²) in [5.74, 6) is -2.97. The van der Waals surface area contributed by atoms with Crippen molar-refractivity contribution in [2.75, 3.05) is 26.0 Å². The molecule has 3 saturated carbocycles. The Morgan fingerprint density at radius 3 is 2.62 bits per heavy atom. The first kappa shape index (κ1) is 29.9. The molecule has 0 saturated heterocycles. The summed E-state index contributed by atoms with van der Waals surface area (Å²) in [6, 6.07) is 6.76. The fourth-order valence-electron chi connectivity index (χ4n) is 5.89. The largest absolute Gasteiger partial charge is 0.497 e. The van der Waals surface area contributed by atoms with Gasteiger partial charge in [0.15, 0.2) is 0 Å². The predicted molar refractivity (Wildman–Crippen MR) is 153 cm³/mol. The molecule has 4 amide bonds. The second-order valence-corrected chi connectivity index (χ2v) is 13.7. The molecular formula is C29H38N4O8S. The van der Waals surface area contributed by atoms with Crippen LogP contribution >= 0.6 is 0 Å². The van der Waals surface area contributed by atoms with Crippen molar-refractivity contribution in [2.24, 2.45) is 17.8 Å². The fourth-order valence-corrected chi connectivity index (χ4v) is 7.25. The molecular weight excluding hydrogens is 564 g/mol. The predicted octanol–water partition coefficient (Wildman–Crippen LogP) is 2.32. The average Bonchev–Trinajstić information content (AvgIpc) is 3.87. The maximum absolute atomic E-state index is 13.8. The van der Waals surface area contributed by atoms with Gasteiger partial charge in [0.05, 0.1) is 24.2 Å². The minimum absolute atomic E-state index is 0.0835. The van der Waals surface area contributed by atoms with Crippen molar-refractivity contribution in [1.29, 1.82) is 0 Å². The highest BCUT2D eigenvalue weighted by molar-refractivity contribution is 7.91. The number of hydrogen-bond donors (Lipinski definition) is 3. The Labute approximate surface area is 245 Å². The van der Waals surface area contributed by atoms with E-state index in [9.17, 15) is 27.6 Å². The van der Waals surface area contributed by atoms with Crippen molar-refractivity contribution in [3.63, 3.8) is 0 Å². The molecule has 3 fully saturated rings. The quantitative estimate of drug-likeness (QED) is 0.418. The lowest BCUT2D eigenvalue weighted by Crippen LogP contribution is -2.54. The molecule has 4 aliphatic rings. The number of nitrogens with zero attached hydrogens (tertiary/aromatic N) is 1. The summed E-state index contributed by atoms with van der Waals surface area (Å²) in [5, 5.41) is 4.89. The Morgan fingerprint density at radius 2 is 1.88 bits per heavy atom. The third-order valence-corrected chi connectivity index (χ3v) is 10.4. The summed E-state index contributed by atoms with van der Waals surface area (Å²) in [6.45, 7) is 0.522. The Kier molecular flexibility index (Phi) is 8.49. The normalized spacial score (nSPS) is 30.6. The molecule has 1 aliphatic heterocycles. The number of carbonyl (C=O) groups excluding carboxylic acids is 4. The van der Waals surface area contributed by atoms with Crippen LogP contribution in [0.5, 0.6) is 5.75 Å². The molecule has 0 radical (unpaired) electrons. The van der Waals surface area contributed by atoms with E-state index in [4.69, 9.17) is 9.47 Å². The van der Waals surface area contributed by atoms with E-state index in [2.05, 4.69) is 15.4 Å². The van der Waals surface area contributed by atoms with Crippen molar-refractivity contribution < 1.29 is 37.1 Å². The van der Waals surface area contributed by atoms with E-state index in [1.54, 1.807) is 36.2 Å². The number of sulfonamides is 1. The maximum atomic E-state index is 13.8. The number of carbonyl (C=O) groups is 4. The van der Waals surface area contributed by atoms with Gasteiger partial charge in [-0.25, -0.2) is 13.2 Å². The second-order valence-electron chi connectivity index (χ2n) is 11.7. The molecule has 13 heteroatoms. The molecule has 0 aromatic heterocycles. The van der Waals surface area contributed by atoms with Gasteiger partial charge in [0.1, 0.15) is 17.4 Å². The van der Waals surface area contributed by atoms with Gasteiger partial charge in [0.25, 0.3) is 5.91 Å². The fraction of sp³-hybridized carbons (Fsp3) is 0.586. The highest BCUT2D eigenvalue weighted by Crippen LogP contribution is 2.47. The van der Waals surface area contributed by atoms with Crippen molar-refractivity contribution in [3.8, 4) is 5.75 Å². The number of anilines is 1. The monoisotopic (exact) mass is 602 g/mol. The molecule has 1 aromatic carbocycles. The number of methoxy groups -OCH3 is 1. The summed E-state index contributed by atoms with van der Waals surface area (Å²) < 4.78 is 38.1. The number of amides is 4. The Bertz CT molecular complexity index is 1380. The van der Waals surface area contributed by atoms with E-state index in [1.165, 1.54) is 7.11 Å². The molecule has 0 spiro atoms. The van der Waals surface area contributed by atoms with Gasteiger partial charge in [-0.2, -0.15) is 0 Å². The maximum Gasteiger partial charge on any atom is 0.411 e. The van der Waals surface area contributed by atoms with Gasteiger partial charge in [-0.15, -0.1) is 0 Å². The summed E-state index contributed by atoms with van der Waals surface area (Å²) >= 11 is 0. The minimum Gasteiger partial charge on any atom is -0.497 e. The first-order valence-electron chi connectivity index (χ1n) is 14.4.